The van der Waals surface area contributed by atoms with Crippen LogP contribution in [0.5, 0.6) is 0 Å². The average Bonchev–Trinajstić information content (AvgIpc) is 3.38. The van der Waals surface area contributed by atoms with Crippen molar-refractivity contribution in [1.82, 2.24) is 24.5 Å². The van der Waals surface area contributed by atoms with Gasteiger partial charge in [-0.3, -0.25) is 4.90 Å². The van der Waals surface area contributed by atoms with E-state index in [1.165, 1.54) is 10.6 Å². The molecule has 7 heteroatoms. The number of benzene rings is 1. The van der Waals surface area contributed by atoms with E-state index in [2.05, 4.69) is 55.6 Å². The van der Waals surface area contributed by atoms with Gasteiger partial charge in [0.25, 0.3) is 0 Å². The molecule has 1 aromatic carbocycles. The molecule has 0 aliphatic carbocycles. The lowest BCUT2D eigenvalue weighted by atomic mass is 10.2. The third-order valence-corrected chi connectivity index (χ3v) is 5.75. The van der Waals surface area contributed by atoms with Crippen molar-refractivity contribution in [2.75, 3.05) is 31.1 Å². The number of hydrogen-bond acceptors (Lipinski definition) is 6. The maximum atomic E-state index is 4.82. The molecule has 6 nitrogen and oxygen atoms in total. The Labute approximate surface area is 161 Å². The summed E-state index contributed by atoms with van der Waals surface area (Å²) in [5.41, 5.74) is 3.15. The summed E-state index contributed by atoms with van der Waals surface area (Å²) in [6.07, 6.45) is 3.67. The number of nitrogens with zero attached hydrogens (tertiary/aromatic N) is 6. The van der Waals surface area contributed by atoms with Crippen molar-refractivity contribution < 1.29 is 0 Å². The van der Waals surface area contributed by atoms with Crippen LogP contribution in [-0.4, -0.2) is 50.7 Å². The molecular formula is C20H20N6S. The van der Waals surface area contributed by atoms with Crippen LogP contribution in [-0.2, 0) is 6.54 Å². The summed E-state index contributed by atoms with van der Waals surface area (Å²) < 4.78 is 1.84. The average molecular weight is 376 g/mol. The van der Waals surface area contributed by atoms with E-state index in [4.69, 9.17) is 4.98 Å². The lowest BCUT2D eigenvalue weighted by molar-refractivity contribution is 0.249. The number of hydrogen-bond donors (Lipinski definition) is 0. The molecule has 3 aromatic heterocycles. The van der Waals surface area contributed by atoms with Gasteiger partial charge >= 0.3 is 0 Å². The Morgan fingerprint density at radius 3 is 2.67 bits per heavy atom. The number of fused-ring (bicyclic) bond motifs is 1. The van der Waals surface area contributed by atoms with Crippen molar-refractivity contribution in [1.29, 1.82) is 0 Å². The first-order valence-corrected chi connectivity index (χ1v) is 10.0. The third-order valence-electron chi connectivity index (χ3n) is 4.92. The first-order chi connectivity index (χ1) is 13.3. The van der Waals surface area contributed by atoms with Gasteiger partial charge in [0.1, 0.15) is 10.8 Å². The lowest BCUT2D eigenvalue weighted by Gasteiger charge is -2.34. The molecule has 4 aromatic rings. The van der Waals surface area contributed by atoms with Crippen molar-refractivity contribution in [2.24, 2.45) is 0 Å². The standard InChI is InChI=1S/C20H20N6S/c1-2-4-16(5-3-1)17-15-27-20(22-17)14-24-10-12-25(13-11-24)19-7-6-18-21-8-9-26(18)23-19/h1-9,15H,10-14H2. The summed E-state index contributed by atoms with van der Waals surface area (Å²) >= 11 is 1.75. The van der Waals surface area contributed by atoms with Gasteiger partial charge in [-0.2, -0.15) is 0 Å². The SMILES string of the molecule is c1ccc(-c2csc(CN3CCN(c4ccc5nccn5n4)CC3)n2)cc1. The van der Waals surface area contributed by atoms with Crippen LogP contribution in [0.1, 0.15) is 5.01 Å². The molecule has 0 atom stereocenters. The Hall–Kier alpha value is -2.77. The predicted octanol–water partition coefficient (Wildman–Crippen LogP) is 3.18. The topological polar surface area (TPSA) is 49.6 Å². The smallest absolute Gasteiger partial charge is 0.153 e. The molecule has 0 spiro atoms. The van der Waals surface area contributed by atoms with Gasteiger partial charge in [-0.25, -0.2) is 14.5 Å². The van der Waals surface area contributed by atoms with Crippen molar-refractivity contribution >= 4 is 22.8 Å². The van der Waals surface area contributed by atoms with Crippen molar-refractivity contribution in [3.8, 4) is 11.3 Å². The van der Waals surface area contributed by atoms with E-state index in [1.54, 1.807) is 17.5 Å². The summed E-state index contributed by atoms with van der Waals surface area (Å²) in [7, 11) is 0. The summed E-state index contributed by atoms with van der Waals surface area (Å²) in [4.78, 5) is 13.9. The molecule has 1 aliphatic heterocycles. The lowest BCUT2D eigenvalue weighted by Crippen LogP contribution is -2.46. The van der Waals surface area contributed by atoms with Crippen LogP contribution in [0.25, 0.3) is 16.9 Å². The minimum absolute atomic E-state index is 0.885. The van der Waals surface area contributed by atoms with Gasteiger partial charge in [-0.05, 0) is 12.1 Å². The fourth-order valence-electron chi connectivity index (χ4n) is 3.43. The first kappa shape index (κ1) is 16.4. The highest BCUT2D eigenvalue weighted by Crippen LogP contribution is 2.23. The molecule has 27 heavy (non-hydrogen) atoms. The normalized spacial score (nSPS) is 15.5. The van der Waals surface area contributed by atoms with E-state index in [0.717, 1.165) is 49.9 Å². The molecule has 0 saturated carbocycles. The van der Waals surface area contributed by atoms with Gasteiger partial charge < -0.3 is 4.90 Å². The highest BCUT2D eigenvalue weighted by molar-refractivity contribution is 7.09. The number of thiazole rings is 1. The van der Waals surface area contributed by atoms with Crippen LogP contribution < -0.4 is 4.90 Å². The molecule has 1 aliphatic rings. The van der Waals surface area contributed by atoms with E-state index in [1.807, 2.05) is 22.8 Å². The summed E-state index contributed by atoms with van der Waals surface area (Å²) in [5, 5.41) is 7.99. The number of anilines is 1. The second-order valence-corrected chi connectivity index (χ2v) is 7.62. The van der Waals surface area contributed by atoms with Crippen molar-refractivity contribution in [3.63, 3.8) is 0 Å². The molecule has 0 bridgehead atoms. The third kappa shape index (κ3) is 3.43. The molecule has 4 heterocycles. The fraction of sp³-hybridized carbons (Fsp3) is 0.250. The van der Waals surface area contributed by atoms with Gasteiger partial charge in [0.05, 0.1) is 12.2 Å². The summed E-state index contributed by atoms with van der Waals surface area (Å²) in [6, 6.07) is 14.5. The van der Waals surface area contributed by atoms with Crippen LogP contribution in [0.3, 0.4) is 0 Å². The molecular weight excluding hydrogens is 356 g/mol. The Morgan fingerprint density at radius 2 is 1.81 bits per heavy atom. The Balaban J connectivity index is 1.21. The Morgan fingerprint density at radius 1 is 0.963 bits per heavy atom. The molecule has 5 rings (SSSR count). The largest absolute Gasteiger partial charge is 0.353 e. The predicted molar refractivity (Wildman–Crippen MR) is 108 cm³/mol. The summed E-state index contributed by atoms with van der Waals surface area (Å²) in [6.45, 7) is 4.90. The molecule has 0 amide bonds. The number of rotatable bonds is 4. The fourth-order valence-corrected chi connectivity index (χ4v) is 4.27. The van der Waals surface area contributed by atoms with E-state index in [-0.39, 0.29) is 0 Å². The van der Waals surface area contributed by atoms with Gasteiger partial charge in [-0.15, -0.1) is 16.4 Å². The molecule has 0 unspecified atom stereocenters. The van der Waals surface area contributed by atoms with Gasteiger partial charge in [0.15, 0.2) is 5.65 Å². The Kier molecular flexibility index (Phi) is 4.31. The van der Waals surface area contributed by atoms with E-state index >= 15 is 0 Å². The second kappa shape index (κ2) is 7.09. The zero-order valence-corrected chi connectivity index (χ0v) is 15.7. The minimum Gasteiger partial charge on any atom is -0.353 e. The highest BCUT2D eigenvalue weighted by Gasteiger charge is 2.19. The van der Waals surface area contributed by atoms with Gasteiger partial charge in [-0.1, -0.05) is 30.3 Å². The maximum Gasteiger partial charge on any atom is 0.153 e. The monoisotopic (exact) mass is 376 g/mol. The zero-order valence-electron chi connectivity index (χ0n) is 14.9. The van der Waals surface area contributed by atoms with E-state index < -0.39 is 0 Å². The molecule has 1 saturated heterocycles. The van der Waals surface area contributed by atoms with E-state index in [9.17, 15) is 0 Å². The molecule has 1 fully saturated rings. The maximum absolute atomic E-state index is 4.82. The van der Waals surface area contributed by atoms with Crippen LogP contribution in [0.15, 0.2) is 60.2 Å². The van der Waals surface area contributed by atoms with Crippen LogP contribution in [0, 0.1) is 0 Å². The van der Waals surface area contributed by atoms with E-state index in [0.29, 0.717) is 0 Å². The summed E-state index contributed by atoms with van der Waals surface area (Å²) in [5.74, 6) is 1.01. The van der Waals surface area contributed by atoms with Crippen molar-refractivity contribution in [3.05, 3.63) is 65.2 Å². The van der Waals surface area contributed by atoms with Gasteiger partial charge in [0.2, 0.25) is 0 Å². The second-order valence-electron chi connectivity index (χ2n) is 6.68. The van der Waals surface area contributed by atoms with Crippen molar-refractivity contribution in [2.45, 2.75) is 6.54 Å². The first-order valence-electron chi connectivity index (χ1n) is 9.13. The number of piperazine rings is 1. The van der Waals surface area contributed by atoms with Crippen LogP contribution in [0.4, 0.5) is 5.82 Å². The quantitative estimate of drug-likeness (QED) is 0.548. The Bertz CT molecular complexity index is 1030. The van der Waals surface area contributed by atoms with Crippen LogP contribution in [0.2, 0.25) is 0 Å². The minimum atomic E-state index is 0.885. The molecule has 0 N–H and O–H groups in total. The number of aromatic nitrogens is 4. The zero-order chi connectivity index (χ0) is 18.1. The number of imidazole rings is 1. The van der Waals surface area contributed by atoms with Crippen LogP contribution >= 0.6 is 11.3 Å². The van der Waals surface area contributed by atoms with Gasteiger partial charge in [0, 0.05) is 49.5 Å². The molecule has 136 valence electrons. The molecule has 0 radical (unpaired) electrons. The highest BCUT2D eigenvalue weighted by atomic mass is 32.1.